The zero-order valence-electron chi connectivity index (χ0n) is 24.8. The van der Waals surface area contributed by atoms with Crippen molar-refractivity contribution >= 4 is 17.4 Å². The fourth-order valence-electron chi connectivity index (χ4n) is 5.89. The van der Waals surface area contributed by atoms with Crippen LogP contribution in [0.15, 0.2) is 83.2 Å². The summed E-state index contributed by atoms with van der Waals surface area (Å²) in [6.45, 7) is 3.87. The molecule has 2 atom stereocenters. The summed E-state index contributed by atoms with van der Waals surface area (Å²) in [5.41, 5.74) is 5.93. The van der Waals surface area contributed by atoms with E-state index in [0.717, 1.165) is 16.8 Å². The van der Waals surface area contributed by atoms with Gasteiger partial charge in [-0.1, -0.05) is 23.8 Å². The van der Waals surface area contributed by atoms with E-state index in [1.807, 2.05) is 62.4 Å². The number of hydrogen-bond acceptors (Lipinski definition) is 7. The first-order valence-corrected chi connectivity index (χ1v) is 13.8. The minimum absolute atomic E-state index is 0.0356. The van der Waals surface area contributed by atoms with Gasteiger partial charge in [0.25, 0.3) is 5.91 Å². The third-order valence-electron chi connectivity index (χ3n) is 8.01. The van der Waals surface area contributed by atoms with Crippen LogP contribution in [-0.4, -0.2) is 40.1 Å². The Hall–Kier alpha value is -4.72. The first-order chi connectivity index (χ1) is 20.3. The number of aryl methyl sites for hydroxylation is 1. The van der Waals surface area contributed by atoms with Crippen LogP contribution in [0.2, 0.25) is 0 Å². The average Bonchev–Trinajstić information content (AvgIpc) is 3.00. The van der Waals surface area contributed by atoms with Gasteiger partial charge in [0.05, 0.1) is 34.4 Å². The molecule has 0 fully saturated rings. The molecule has 0 aromatic heterocycles. The standard InChI is InChI=1S/C34H36N2O6/c1-19-7-10-23(11-8-19)36-34(38)31-20(2)35-26-15-22(21-9-13-29(41-5)30(17-21)42-6)16-27(37)33(26)32(31)25-18-24(39-3)12-14-28(25)40-4/h7-14,17-18,22,32,35H,15-16H2,1-6H3,(H,36,38)/t22-,32+/m1/s1. The molecular weight excluding hydrogens is 532 g/mol. The molecule has 5 rings (SSSR count). The van der Waals surface area contributed by atoms with Crippen LogP contribution >= 0.6 is 0 Å². The van der Waals surface area contributed by atoms with Gasteiger partial charge in [0, 0.05) is 40.2 Å². The number of ketones is 1. The minimum Gasteiger partial charge on any atom is -0.497 e. The number of nitrogens with one attached hydrogen (secondary N) is 2. The number of hydrogen-bond donors (Lipinski definition) is 2. The van der Waals surface area contributed by atoms with Crippen LogP contribution in [0, 0.1) is 6.92 Å². The zero-order chi connectivity index (χ0) is 30.0. The highest BCUT2D eigenvalue weighted by Gasteiger charge is 2.42. The summed E-state index contributed by atoms with van der Waals surface area (Å²) in [6.07, 6.45) is 0.869. The van der Waals surface area contributed by atoms with E-state index in [2.05, 4.69) is 10.6 Å². The number of dihydropyridines is 1. The van der Waals surface area contributed by atoms with Crippen LogP contribution in [-0.2, 0) is 9.59 Å². The minimum atomic E-state index is -0.657. The highest BCUT2D eigenvalue weighted by atomic mass is 16.5. The quantitative estimate of drug-likeness (QED) is 0.343. The van der Waals surface area contributed by atoms with E-state index < -0.39 is 5.92 Å². The molecular formula is C34H36N2O6. The van der Waals surface area contributed by atoms with E-state index in [-0.39, 0.29) is 24.0 Å². The van der Waals surface area contributed by atoms with Crippen molar-refractivity contribution < 1.29 is 28.5 Å². The van der Waals surface area contributed by atoms with Crippen LogP contribution < -0.4 is 29.6 Å². The fourth-order valence-corrected chi connectivity index (χ4v) is 5.89. The molecule has 2 aliphatic rings. The first-order valence-electron chi connectivity index (χ1n) is 13.8. The van der Waals surface area contributed by atoms with E-state index in [1.165, 1.54) is 0 Å². The third kappa shape index (κ3) is 5.44. The molecule has 0 unspecified atom stereocenters. The number of allylic oxidation sites excluding steroid dienone is 3. The van der Waals surface area contributed by atoms with Crippen molar-refractivity contribution in [2.75, 3.05) is 33.8 Å². The highest BCUT2D eigenvalue weighted by Crippen LogP contribution is 2.49. The van der Waals surface area contributed by atoms with Crippen molar-refractivity contribution in [3.05, 3.63) is 99.9 Å². The Bertz CT molecular complexity index is 1590. The molecule has 1 aliphatic carbocycles. The summed E-state index contributed by atoms with van der Waals surface area (Å²) in [4.78, 5) is 28.1. The number of ether oxygens (including phenoxy) is 4. The number of carbonyl (C=O) groups is 2. The maximum Gasteiger partial charge on any atom is 0.254 e. The van der Waals surface area contributed by atoms with Gasteiger partial charge in [-0.25, -0.2) is 0 Å². The highest BCUT2D eigenvalue weighted by molar-refractivity contribution is 6.10. The molecule has 0 bridgehead atoms. The number of carbonyl (C=O) groups excluding carboxylic acids is 2. The van der Waals surface area contributed by atoms with Crippen molar-refractivity contribution in [2.45, 2.75) is 38.5 Å². The SMILES string of the molecule is COc1ccc(OC)c([C@H]2C(C(=O)Nc3ccc(C)cc3)=C(C)NC3=C2C(=O)C[C@H](c2ccc(OC)c(OC)c2)C3)c1. The molecule has 2 N–H and O–H groups in total. The Balaban J connectivity index is 1.60. The number of Topliss-reactive ketones (excluding diaryl/α,β-unsaturated/α-hetero) is 1. The van der Waals surface area contributed by atoms with E-state index >= 15 is 0 Å². The maximum absolute atomic E-state index is 14.1. The van der Waals surface area contributed by atoms with Gasteiger partial charge in [0.15, 0.2) is 17.3 Å². The van der Waals surface area contributed by atoms with Gasteiger partial charge in [0.2, 0.25) is 0 Å². The normalized spacial score (nSPS) is 18.2. The largest absolute Gasteiger partial charge is 0.497 e. The van der Waals surface area contributed by atoms with Gasteiger partial charge in [-0.15, -0.1) is 0 Å². The Morgan fingerprint density at radius 1 is 0.810 bits per heavy atom. The van der Waals surface area contributed by atoms with Gasteiger partial charge in [-0.3, -0.25) is 9.59 Å². The van der Waals surface area contributed by atoms with Crippen LogP contribution in [0.4, 0.5) is 5.69 Å². The molecule has 8 nitrogen and oxygen atoms in total. The maximum atomic E-state index is 14.1. The molecule has 1 amide bonds. The van der Waals surface area contributed by atoms with Crippen LogP contribution in [0.5, 0.6) is 23.0 Å². The monoisotopic (exact) mass is 568 g/mol. The predicted molar refractivity (Wildman–Crippen MR) is 161 cm³/mol. The number of rotatable bonds is 8. The van der Waals surface area contributed by atoms with Gasteiger partial charge in [-0.05, 0) is 74.2 Å². The number of amides is 1. The van der Waals surface area contributed by atoms with Crippen LogP contribution in [0.3, 0.4) is 0 Å². The number of anilines is 1. The topological polar surface area (TPSA) is 95.1 Å². The third-order valence-corrected chi connectivity index (χ3v) is 8.01. The molecule has 42 heavy (non-hydrogen) atoms. The van der Waals surface area contributed by atoms with Gasteiger partial charge < -0.3 is 29.6 Å². The second kappa shape index (κ2) is 12.0. The van der Waals surface area contributed by atoms with Crippen molar-refractivity contribution in [1.82, 2.24) is 5.32 Å². The summed E-state index contributed by atoms with van der Waals surface area (Å²) < 4.78 is 22.2. The summed E-state index contributed by atoms with van der Waals surface area (Å²) in [6, 6.07) is 18.8. The Kier molecular flexibility index (Phi) is 8.24. The molecule has 3 aromatic carbocycles. The molecule has 3 aromatic rings. The summed E-state index contributed by atoms with van der Waals surface area (Å²) in [5, 5.41) is 6.48. The number of benzene rings is 3. The van der Waals surface area contributed by atoms with Crippen molar-refractivity contribution in [3.8, 4) is 23.0 Å². The van der Waals surface area contributed by atoms with E-state index in [4.69, 9.17) is 18.9 Å². The predicted octanol–water partition coefficient (Wildman–Crippen LogP) is 6.03. The number of methoxy groups -OCH3 is 4. The molecule has 0 spiro atoms. The van der Waals surface area contributed by atoms with Gasteiger partial charge in [-0.2, -0.15) is 0 Å². The molecule has 0 saturated heterocycles. The molecule has 1 aliphatic heterocycles. The van der Waals surface area contributed by atoms with E-state index in [1.54, 1.807) is 40.6 Å². The van der Waals surface area contributed by atoms with Gasteiger partial charge in [0.1, 0.15) is 11.5 Å². The summed E-state index contributed by atoms with van der Waals surface area (Å²) in [7, 11) is 6.37. The molecule has 1 heterocycles. The Labute approximate surface area is 246 Å². The molecule has 0 radical (unpaired) electrons. The lowest BCUT2D eigenvalue weighted by Gasteiger charge is -2.37. The lowest BCUT2D eigenvalue weighted by molar-refractivity contribution is -0.116. The van der Waals surface area contributed by atoms with Gasteiger partial charge >= 0.3 is 0 Å². The van der Waals surface area contributed by atoms with Crippen molar-refractivity contribution in [2.24, 2.45) is 0 Å². The van der Waals surface area contributed by atoms with Crippen LogP contribution in [0.1, 0.15) is 48.3 Å². The molecule has 8 heteroatoms. The fraction of sp³-hybridized carbons (Fsp3) is 0.294. The average molecular weight is 569 g/mol. The Morgan fingerprint density at radius 3 is 2.17 bits per heavy atom. The summed E-state index contributed by atoms with van der Waals surface area (Å²) >= 11 is 0. The Morgan fingerprint density at radius 2 is 1.50 bits per heavy atom. The van der Waals surface area contributed by atoms with Crippen molar-refractivity contribution in [1.29, 1.82) is 0 Å². The second-order valence-electron chi connectivity index (χ2n) is 10.6. The summed E-state index contributed by atoms with van der Waals surface area (Å²) in [5.74, 6) is 1.36. The van der Waals surface area contributed by atoms with E-state index in [0.29, 0.717) is 57.5 Å². The lowest BCUT2D eigenvalue weighted by Crippen LogP contribution is -2.37. The zero-order valence-corrected chi connectivity index (χ0v) is 24.8. The molecule has 218 valence electrons. The molecule has 0 saturated carbocycles. The van der Waals surface area contributed by atoms with E-state index in [9.17, 15) is 9.59 Å². The second-order valence-corrected chi connectivity index (χ2v) is 10.6. The first kappa shape index (κ1) is 28.8. The van der Waals surface area contributed by atoms with Crippen molar-refractivity contribution in [3.63, 3.8) is 0 Å². The smallest absolute Gasteiger partial charge is 0.254 e. The van der Waals surface area contributed by atoms with Crippen LogP contribution in [0.25, 0.3) is 0 Å². The lowest BCUT2D eigenvalue weighted by atomic mass is 9.71.